The van der Waals surface area contributed by atoms with E-state index in [9.17, 15) is 9.18 Å². The molecule has 0 radical (unpaired) electrons. The number of carbonyl (C=O) groups excluding carboxylic acids is 1. The third-order valence-electron chi connectivity index (χ3n) is 3.20. The molecule has 0 heterocycles. The van der Waals surface area contributed by atoms with E-state index in [-0.39, 0.29) is 11.7 Å². The number of hydrogen-bond acceptors (Lipinski definition) is 3. The van der Waals surface area contributed by atoms with Gasteiger partial charge in [-0.3, -0.25) is 4.79 Å². The molecule has 0 saturated carbocycles. The fourth-order valence-corrected chi connectivity index (χ4v) is 2.82. The number of ether oxygens (including phenoxy) is 1. The predicted molar refractivity (Wildman–Crippen MR) is 92.6 cm³/mol. The molecule has 122 valence electrons. The third kappa shape index (κ3) is 4.99. The Morgan fingerprint density at radius 1 is 1.17 bits per heavy atom. The Morgan fingerprint density at radius 3 is 2.52 bits per heavy atom. The van der Waals surface area contributed by atoms with Crippen LogP contribution in [0.3, 0.4) is 0 Å². The number of nitrogens with one attached hydrogen (secondary N) is 1. The second-order valence-electron chi connectivity index (χ2n) is 4.89. The molecule has 0 unspecified atom stereocenters. The first kappa shape index (κ1) is 17.3. The van der Waals surface area contributed by atoms with Gasteiger partial charge in [0, 0.05) is 4.90 Å². The van der Waals surface area contributed by atoms with E-state index in [1.54, 1.807) is 11.8 Å². The van der Waals surface area contributed by atoms with Crippen molar-refractivity contribution in [2.75, 3.05) is 11.1 Å². The normalized spacial score (nSPS) is 11.8. The molecule has 1 amide bonds. The molecule has 23 heavy (non-hydrogen) atoms. The van der Waals surface area contributed by atoms with Gasteiger partial charge in [-0.05, 0) is 48.6 Å². The van der Waals surface area contributed by atoms with Gasteiger partial charge in [-0.25, -0.2) is 4.39 Å². The topological polar surface area (TPSA) is 38.3 Å². The molecule has 1 N–H and O–H groups in total. The molecule has 0 fully saturated rings. The number of halogens is 1. The van der Waals surface area contributed by atoms with Crippen LogP contribution in [0.25, 0.3) is 0 Å². The lowest BCUT2D eigenvalue weighted by Crippen LogP contribution is -2.32. The molecule has 0 bridgehead atoms. The molecular formula is C18H20FNO2S. The van der Waals surface area contributed by atoms with E-state index >= 15 is 0 Å². The van der Waals surface area contributed by atoms with Gasteiger partial charge in [0.2, 0.25) is 0 Å². The highest BCUT2D eigenvalue weighted by Crippen LogP contribution is 2.27. The van der Waals surface area contributed by atoms with Crippen LogP contribution in [-0.4, -0.2) is 17.8 Å². The molecule has 3 nitrogen and oxygen atoms in total. The number of benzene rings is 2. The Labute approximate surface area is 140 Å². The first-order chi connectivity index (χ1) is 11.1. The van der Waals surface area contributed by atoms with Crippen LogP contribution in [0.4, 0.5) is 10.1 Å². The second-order valence-corrected chi connectivity index (χ2v) is 6.19. The van der Waals surface area contributed by atoms with Crippen molar-refractivity contribution in [1.82, 2.24) is 0 Å². The molecule has 5 heteroatoms. The zero-order valence-corrected chi connectivity index (χ0v) is 14.0. The molecule has 0 aliphatic heterocycles. The highest BCUT2D eigenvalue weighted by atomic mass is 32.2. The predicted octanol–water partition coefficient (Wildman–Crippen LogP) is 4.73. The zero-order chi connectivity index (χ0) is 16.7. The van der Waals surface area contributed by atoms with Crippen molar-refractivity contribution in [2.45, 2.75) is 31.3 Å². The maximum atomic E-state index is 12.9. The highest BCUT2D eigenvalue weighted by Gasteiger charge is 2.19. The summed E-state index contributed by atoms with van der Waals surface area (Å²) in [4.78, 5) is 13.5. The highest BCUT2D eigenvalue weighted by molar-refractivity contribution is 7.99. The lowest BCUT2D eigenvalue weighted by Gasteiger charge is -2.18. The van der Waals surface area contributed by atoms with Crippen LogP contribution < -0.4 is 10.1 Å². The van der Waals surface area contributed by atoms with E-state index < -0.39 is 6.10 Å². The lowest BCUT2D eigenvalue weighted by atomic mass is 10.2. The van der Waals surface area contributed by atoms with E-state index in [4.69, 9.17) is 4.74 Å². The van der Waals surface area contributed by atoms with Crippen LogP contribution >= 0.6 is 11.8 Å². The Hall–Kier alpha value is -2.01. The number of carbonyl (C=O) groups is 1. The third-order valence-corrected chi connectivity index (χ3v) is 4.16. The maximum Gasteiger partial charge on any atom is 0.265 e. The van der Waals surface area contributed by atoms with E-state index in [2.05, 4.69) is 12.2 Å². The van der Waals surface area contributed by atoms with Crippen LogP contribution in [0.15, 0.2) is 53.4 Å². The van der Waals surface area contributed by atoms with Gasteiger partial charge in [0.25, 0.3) is 5.91 Å². The minimum atomic E-state index is -0.625. The standard InChI is InChI=1S/C18H20FNO2S/c1-3-16(22-14-11-9-13(19)10-12-14)18(21)20-15-7-5-6-8-17(15)23-4-2/h5-12,16H,3-4H2,1-2H3,(H,20,21)/t16-/m1/s1. The van der Waals surface area contributed by atoms with Gasteiger partial charge in [-0.1, -0.05) is 26.0 Å². The van der Waals surface area contributed by atoms with Crippen LogP contribution in [0.2, 0.25) is 0 Å². The van der Waals surface area contributed by atoms with Gasteiger partial charge in [-0.2, -0.15) is 0 Å². The Kier molecular flexibility index (Phi) is 6.47. The molecule has 0 aliphatic rings. The SMILES string of the molecule is CCSc1ccccc1NC(=O)[C@@H](CC)Oc1ccc(F)cc1. The summed E-state index contributed by atoms with van der Waals surface area (Å²) in [5.74, 6) is 0.863. The summed E-state index contributed by atoms with van der Waals surface area (Å²) >= 11 is 1.67. The van der Waals surface area contributed by atoms with Crippen LogP contribution in [0.5, 0.6) is 5.75 Å². The summed E-state index contributed by atoms with van der Waals surface area (Å²) in [5, 5.41) is 2.92. The van der Waals surface area contributed by atoms with E-state index in [0.29, 0.717) is 12.2 Å². The molecule has 0 spiro atoms. The van der Waals surface area contributed by atoms with Gasteiger partial charge in [0.15, 0.2) is 6.10 Å². The molecule has 2 aromatic carbocycles. The lowest BCUT2D eigenvalue weighted by molar-refractivity contribution is -0.122. The van der Waals surface area contributed by atoms with Crippen molar-refractivity contribution in [3.8, 4) is 5.75 Å². The minimum absolute atomic E-state index is 0.207. The Balaban J connectivity index is 2.06. The molecule has 0 aromatic heterocycles. The van der Waals surface area contributed by atoms with Gasteiger partial charge < -0.3 is 10.1 Å². The van der Waals surface area contributed by atoms with Crippen LogP contribution in [0, 0.1) is 5.82 Å². The average molecular weight is 333 g/mol. The summed E-state index contributed by atoms with van der Waals surface area (Å²) in [6, 6.07) is 13.3. The van der Waals surface area contributed by atoms with Crippen LogP contribution in [-0.2, 0) is 4.79 Å². The van der Waals surface area contributed by atoms with Gasteiger partial charge in [0.05, 0.1) is 5.69 Å². The van der Waals surface area contributed by atoms with Crippen molar-refractivity contribution in [1.29, 1.82) is 0 Å². The Bertz CT molecular complexity index is 646. The number of hydrogen-bond donors (Lipinski definition) is 1. The fourth-order valence-electron chi connectivity index (χ4n) is 2.06. The minimum Gasteiger partial charge on any atom is -0.481 e. The molecule has 0 aliphatic carbocycles. The summed E-state index contributed by atoms with van der Waals surface area (Å²) < 4.78 is 18.6. The van der Waals surface area contributed by atoms with Crippen molar-refractivity contribution in [3.63, 3.8) is 0 Å². The summed E-state index contributed by atoms with van der Waals surface area (Å²) in [6.45, 7) is 3.94. The molecule has 0 saturated heterocycles. The smallest absolute Gasteiger partial charge is 0.265 e. The van der Waals surface area contributed by atoms with E-state index in [1.807, 2.05) is 31.2 Å². The van der Waals surface area contributed by atoms with Gasteiger partial charge in [-0.15, -0.1) is 11.8 Å². The first-order valence-corrected chi connectivity index (χ1v) is 8.57. The first-order valence-electron chi connectivity index (χ1n) is 7.59. The molecule has 2 aromatic rings. The largest absolute Gasteiger partial charge is 0.481 e. The van der Waals surface area contributed by atoms with Crippen molar-refractivity contribution in [2.24, 2.45) is 0 Å². The number of anilines is 1. The molecule has 2 rings (SSSR count). The molecular weight excluding hydrogens is 313 g/mol. The van der Waals surface area contributed by atoms with Crippen molar-refractivity contribution < 1.29 is 13.9 Å². The number of thioether (sulfide) groups is 1. The number of para-hydroxylation sites is 1. The zero-order valence-electron chi connectivity index (χ0n) is 13.2. The number of rotatable bonds is 7. The Morgan fingerprint density at radius 2 is 1.87 bits per heavy atom. The maximum absolute atomic E-state index is 12.9. The van der Waals surface area contributed by atoms with Crippen molar-refractivity contribution >= 4 is 23.4 Å². The summed E-state index contributed by atoms with van der Waals surface area (Å²) in [6.07, 6.45) is -0.105. The number of amides is 1. The van der Waals surface area contributed by atoms with Crippen LogP contribution in [0.1, 0.15) is 20.3 Å². The van der Waals surface area contributed by atoms with Crippen molar-refractivity contribution in [3.05, 3.63) is 54.3 Å². The molecule has 1 atom stereocenters. The van der Waals surface area contributed by atoms with Gasteiger partial charge in [0.1, 0.15) is 11.6 Å². The quantitative estimate of drug-likeness (QED) is 0.744. The average Bonchev–Trinajstić information content (AvgIpc) is 2.56. The van der Waals surface area contributed by atoms with E-state index in [0.717, 1.165) is 16.3 Å². The van der Waals surface area contributed by atoms with Gasteiger partial charge >= 0.3 is 0 Å². The monoisotopic (exact) mass is 333 g/mol. The fraction of sp³-hybridized carbons (Fsp3) is 0.278. The summed E-state index contributed by atoms with van der Waals surface area (Å²) in [7, 11) is 0. The summed E-state index contributed by atoms with van der Waals surface area (Å²) in [5.41, 5.74) is 0.783. The second kappa shape index (κ2) is 8.58. The van der Waals surface area contributed by atoms with E-state index in [1.165, 1.54) is 24.3 Å².